The van der Waals surface area contributed by atoms with Gasteiger partial charge in [0.05, 0.1) is 47.4 Å². The van der Waals surface area contributed by atoms with Gasteiger partial charge >= 0.3 is 0 Å². The topological polar surface area (TPSA) is 97.9 Å². The molecule has 0 aliphatic rings. The number of fused-ring (bicyclic) bond motifs is 1. The maximum atomic E-state index is 12.8. The first-order valence-corrected chi connectivity index (χ1v) is 8.75. The van der Waals surface area contributed by atoms with Crippen molar-refractivity contribution in [2.75, 3.05) is 4.90 Å². The predicted molar refractivity (Wildman–Crippen MR) is 105 cm³/mol. The average Bonchev–Trinajstić information content (AvgIpc) is 3.32. The third-order valence-corrected chi connectivity index (χ3v) is 4.34. The molecule has 0 radical (unpaired) electrons. The van der Waals surface area contributed by atoms with Gasteiger partial charge in [0.1, 0.15) is 6.04 Å². The van der Waals surface area contributed by atoms with Crippen molar-refractivity contribution in [2.45, 2.75) is 26.3 Å². The molecule has 0 aliphatic carbocycles. The lowest BCUT2D eigenvalue weighted by Crippen LogP contribution is -2.28. The number of hydrogen-bond acceptors (Lipinski definition) is 5. The molecule has 3 rings (SSSR count). The zero-order valence-electron chi connectivity index (χ0n) is 15.4. The fraction of sp³-hybridized carbons (Fsp3) is 0.250. The SMILES string of the molecule is C=CN(c1ccc2nc[nH]c2c1)C(/C(=C/O)C(=O)CC(C)C)c1cnc[nH]1. The Morgan fingerprint density at radius 3 is 2.78 bits per heavy atom. The largest absolute Gasteiger partial charge is 0.515 e. The summed E-state index contributed by atoms with van der Waals surface area (Å²) in [5, 5.41) is 9.91. The number of nitrogens with one attached hydrogen (secondary N) is 2. The molecule has 0 spiro atoms. The van der Waals surface area contributed by atoms with Gasteiger partial charge < -0.3 is 20.0 Å². The fourth-order valence-electron chi connectivity index (χ4n) is 3.11. The minimum Gasteiger partial charge on any atom is -0.515 e. The summed E-state index contributed by atoms with van der Waals surface area (Å²) in [6.07, 6.45) is 7.67. The van der Waals surface area contributed by atoms with Crippen molar-refractivity contribution in [3.63, 3.8) is 0 Å². The van der Waals surface area contributed by atoms with Crippen molar-refractivity contribution in [1.82, 2.24) is 19.9 Å². The third-order valence-electron chi connectivity index (χ3n) is 4.34. The van der Waals surface area contributed by atoms with Gasteiger partial charge in [-0.1, -0.05) is 20.4 Å². The number of ketones is 1. The maximum Gasteiger partial charge on any atom is 0.164 e. The Morgan fingerprint density at radius 2 is 2.15 bits per heavy atom. The number of benzene rings is 1. The van der Waals surface area contributed by atoms with Crippen LogP contribution in [0, 0.1) is 5.92 Å². The predicted octanol–water partition coefficient (Wildman–Crippen LogP) is 4.03. The number of carbonyl (C=O) groups excluding carboxylic acids is 1. The molecule has 1 unspecified atom stereocenters. The molecule has 0 fully saturated rings. The number of nitrogens with zero attached hydrogens (tertiary/aromatic N) is 3. The summed E-state index contributed by atoms with van der Waals surface area (Å²) in [5.74, 6) is 0.0509. The molecule has 0 bridgehead atoms. The van der Waals surface area contributed by atoms with E-state index in [1.165, 1.54) is 0 Å². The van der Waals surface area contributed by atoms with Gasteiger partial charge in [-0.25, -0.2) is 9.97 Å². The molecule has 2 aromatic heterocycles. The number of hydrogen-bond donors (Lipinski definition) is 3. The van der Waals surface area contributed by atoms with Crippen LogP contribution in [-0.2, 0) is 4.79 Å². The molecule has 0 amide bonds. The summed E-state index contributed by atoms with van der Waals surface area (Å²) in [7, 11) is 0. The lowest BCUT2D eigenvalue weighted by molar-refractivity contribution is -0.116. The minimum absolute atomic E-state index is 0.124. The van der Waals surface area contributed by atoms with Crippen LogP contribution in [0.2, 0.25) is 0 Å². The summed E-state index contributed by atoms with van der Waals surface area (Å²) >= 11 is 0. The molecule has 140 valence electrons. The smallest absolute Gasteiger partial charge is 0.164 e. The standard InChI is InChI=1S/C20H23N5O2/c1-4-25(14-5-6-16-17(8-14)24-12-23-16)20(18-9-21-11-22-18)15(10-26)19(27)7-13(2)3/h4-6,8-13,20,26H,1,7H2,2-3H3,(H,21,22)(H,23,24)/b15-10+. The van der Waals surface area contributed by atoms with E-state index < -0.39 is 6.04 Å². The summed E-state index contributed by atoms with van der Waals surface area (Å²) in [5.41, 5.74) is 3.47. The van der Waals surface area contributed by atoms with Gasteiger partial charge in [0, 0.05) is 12.1 Å². The maximum absolute atomic E-state index is 12.8. The average molecular weight is 365 g/mol. The van der Waals surface area contributed by atoms with E-state index in [1.807, 2.05) is 36.9 Å². The van der Waals surface area contributed by atoms with Crippen LogP contribution in [-0.4, -0.2) is 30.8 Å². The fourth-order valence-corrected chi connectivity index (χ4v) is 3.11. The summed E-state index contributed by atoms with van der Waals surface area (Å²) in [6.45, 7) is 7.85. The van der Waals surface area contributed by atoms with Gasteiger partial charge in [-0.2, -0.15) is 0 Å². The lowest BCUT2D eigenvalue weighted by Gasteiger charge is -2.31. The first-order valence-electron chi connectivity index (χ1n) is 8.75. The third kappa shape index (κ3) is 3.76. The van der Waals surface area contributed by atoms with Crippen LogP contribution in [0.4, 0.5) is 5.69 Å². The van der Waals surface area contributed by atoms with E-state index in [9.17, 15) is 9.90 Å². The highest BCUT2D eigenvalue weighted by molar-refractivity contribution is 5.97. The van der Waals surface area contributed by atoms with Crippen molar-refractivity contribution >= 4 is 22.5 Å². The van der Waals surface area contributed by atoms with Gasteiger partial charge in [-0.3, -0.25) is 4.79 Å². The zero-order valence-corrected chi connectivity index (χ0v) is 15.4. The Labute approximate surface area is 157 Å². The van der Waals surface area contributed by atoms with Crippen molar-refractivity contribution in [2.24, 2.45) is 5.92 Å². The van der Waals surface area contributed by atoms with E-state index in [1.54, 1.807) is 25.1 Å². The quantitative estimate of drug-likeness (QED) is 0.413. The Bertz CT molecular complexity index is 956. The highest BCUT2D eigenvalue weighted by Crippen LogP contribution is 2.34. The summed E-state index contributed by atoms with van der Waals surface area (Å²) < 4.78 is 0. The van der Waals surface area contributed by atoms with Crippen LogP contribution in [0.25, 0.3) is 11.0 Å². The molecule has 0 aliphatic heterocycles. The molecule has 27 heavy (non-hydrogen) atoms. The monoisotopic (exact) mass is 365 g/mol. The number of imidazole rings is 2. The molecule has 1 aromatic carbocycles. The van der Waals surface area contributed by atoms with Crippen LogP contribution >= 0.6 is 0 Å². The molecule has 1 atom stereocenters. The number of aliphatic hydroxyl groups is 1. The molecule has 3 N–H and O–H groups in total. The highest BCUT2D eigenvalue weighted by atomic mass is 16.2. The zero-order chi connectivity index (χ0) is 19.4. The molecule has 0 saturated heterocycles. The highest BCUT2D eigenvalue weighted by Gasteiger charge is 2.29. The van der Waals surface area contributed by atoms with Gasteiger partial charge in [0.25, 0.3) is 0 Å². The number of aliphatic hydroxyl groups excluding tert-OH is 1. The van der Waals surface area contributed by atoms with E-state index in [2.05, 4.69) is 26.5 Å². The normalized spacial score (nSPS) is 13.1. The molecule has 7 heteroatoms. The summed E-state index contributed by atoms with van der Waals surface area (Å²) in [4.78, 5) is 29.1. The second-order valence-corrected chi connectivity index (χ2v) is 6.71. The van der Waals surface area contributed by atoms with Crippen LogP contribution in [0.5, 0.6) is 0 Å². The first-order chi connectivity index (χ1) is 13.0. The van der Waals surface area contributed by atoms with Gasteiger partial charge in [-0.15, -0.1) is 0 Å². The number of anilines is 1. The van der Waals surface area contributed by atoms with Crippen molar-refractivity contribution < 1.29 is 9.90 Å². The molecule has 7 nitrogen and oxygen atoms in total. The van der Waals surface area contributed by atoms with E-state index in [0.717, 1.165) is 23.0 Å². The number of H-pyrrole nitrogens is 2. The Hall–Kier alpha value is -3.35. The van der Waals surface area contributed by atoms with Crippen molar-refractivity contribution in [3.8, 4) is 0 Å². The van der Waals surface area contributed by atoms with Crippen LogP contribution < -0.4 is 4.90 Å². The van der Waals surface area contributed by atoms with Gasteiger partial charge in [0.2, 0.25) is 0 Å². The van der Waals surface area contributed by atoms with Crippen molar-refractivity contribution in [1.29, 1.82) is 0 Å². The van der Waals surface area contributed by atoms with Crippen molar-refractivity contribution in [3.05, 3.63) is 67.4 Å². The molecule has 3 aromatic rings. The molecular formula is C20H23N5O2. The molecule has 0 saturated carbocycles. The number of rotatable bonds is 8. The Morgan fingerprint density at radius 1 is 1.33 bits per heavy atom. The van der Waals surface area contributed by atoms with Crippen LogP contribution in [0.3, 0.4) is 0 Å². The van der Waals surface area contributed by atoms with E-state index >= 15 is 0 Å². The number of aromatic nitrogens is 4. The second-order valence-electron chi connectivity index (χ2n) is 6.71. The van der Waals surface area contributed by atoms with Gasteiger partial charge in [-0.05, 0) is 30.3 Å². The van der Waals surface area contributed by atoms with E-state index in [4.69, 9.17) is 0 Å². The number of Topliss-reactive ketones (excluding diaryl/α,β-unsaturated/α-hetero) is 1. The van der Waals surface area contributed by atoms with E-state index in [0.29, 0.717) is 12.1 Å². The Balaban J connectivity index is 2.07. The Kier molecular flexibility index (Phi) is 5.40. The minimum atomic E-state index is -0.582. The number of carbonyl (C=O) groups is 1. The van der Waals surface area contributed by atoms with E-state index in [-0.39, 0.29) is 17.3 Å². The number of aromatic amines is 2. The lowest BCUT2D eigenvalue weighted by atomic mass is 9.94. The second kappa shape index (κ2) is 7.90. The molecular weight excluding hydrogens is 342 g/mol. The molecule has 2 heterocycles. The van der Waals surface area contributed by atoms with Crippen LogP contribution in [0.15, 0.2) is 61.7 Å². The summed E-state index contributed by atoms with van der Waals surface area (Å²) in [6, 6.07) is 5.13. The van der Waals surface area contributed by atoms with Crippen LogP contribution in [0.1, 0.15) is 32.0 Å². The van der Waals surface area contributed by atoms with Gasteiger partial charge in [0.15, 0.2) is 5.78 Å². The first kappa shape index (κ1) is 18.4.